The van der Waals surface area contributed by atoms with Crippen LogP contribution in [-0.4, -0.2) is 52.6 Å². The number of carboxylic acid groups (broad SMARTS) is 1. The second-order valence-electron chi connectivity index (χ2n) is 7.58. The molecule has 1 aromatic carbocycles. The first kappa shape index (κ1) is 23.2. The lowest BCUT2D eigenvalue weighted by Gasteiger charge is -2.20. The molecule has 3 amide bonds. The number of anilines is 2. The summed E-state index contributed by atoms with van der Waals surface area (Å²) < 4.78 is 15.8. The molecule has 1 aliphatic heterocycles. The average Bonchev–Trinajstić information content (AvgIpc) is 3.18. The van der Waals surface area contributed by atoms with Gasteiger partial charge < -0.3 is 19.9 Å². The summed E-state index contributed by atoms with van der Waals surface area (Å²) in [6, 6.07) is 4.07. The lowest BCUT2D eigenvalue weighted by molar-refractivity contribution is -0.111. The minimum Gasteiger partial charge on any atom is -0.464 e. The van der Waals surface area contributed by atoms with Gasteiger partial charge >= 0.3 is 6.09 Å². The molecule has 2 N–H and O–H groups in total. The summed E-state index contributed by atoms with van der Waals surface area (Å²) in [4.78, 5) is 38.7. The van der Waals surface area contributed by atoms with E-state index in [4.69, 9.17) is 0 Å². The molecule has 0 fully saturated rings. The van der Waals surface area contributed by atoms with Gasteiger partial charge in [0, 0.05) is 35.7 Å². The highest BCUT2D eigenvalue weighted by Gasteiger charge is 2.28. The zero-order valence-electron chi connectivity index (χ0n) is 18.6. The monoisotopic (exact) mass is 442 g/mol. The van der Waals surface area contributed by atoms with Crippen LogP contribution in [0.4, 0.5) is 20.6 Å². The van der Waals surface area contributed by atoms with Crippen LogP contribution in [0.1, 0.15) is 36.4 Å². The second-order valence-corrected chi connectivity index (χ2v) is 7.58. The molecular weight excluding hydrogens is 415 g/mol. The van der Waals surface area contributed by atoms with Crippen LogP contribution >= 0.6 is 0 Å². The maximum atomic E-state index is 13.9. The van der Waals surface area contributed by atoms with Crippen molar-refractivity contribution < 1.29 is 23.9 Å². The number of hydrogen-bond acceptors (Lipinski definition) is 4. The quantitative estimate of drug-likeness (QED) is 0.480. The fourth-order valence-corrected chi connectivity index (χ4v) is 4.15. The van der Waals surface area contributed by atoms with E-state index < -0.39 is 11.9 Å². The Morgan fingerprint density at radius 1 is 1.25 bits per heavy atom. The first-order valence-electron chi connectivity index (χ1n) is 10.5. The standard InChI is InChI=1S/C23H27FN4O4/c1-5-26(6-2)9-10-27-15(4)21(28(13-29)23(31)32)14(3)20(27)12-18-17-11-16(24)7-8-19(17)25-22(18)30/h7-8,11-13H,5-6,9-10H2,1-4H3,(H,25,30)(H,31,32)/b18-12+. The van der Waals surface area contributed by atoms with E-state index in [0.29, 0.717) is 46.2 Å². The average molecular weight is 442 g/mol. The van der Waals surface area contributed by atoms with Crippen LogP contribution in [-0.2, 0) is 16.1 Å². The maximum absolute atomic E-state index is 13.9. The van der Waals surface area contributed by atoms with Crippen LogP contribution in [0.2, 0.25) is 0 Å². The van der Waals surface area contributed by atoms with Gasteiger partial charge in [-0.2, -0.15) is 0 Å². The molecule has 1 aliphatic rings. The van der Waals surface area contributed by atoms with E-state index in [1.807, 2.05) is 4.57 Å². The van der Waals surface area contributed by atoms with Crippen molar-refractivity contribution in [3.05, 3.63) is 46.5 Å². The number of fused-ring (bicyclic) bond motifs is 1. The molecule has 0 aliphatic carbocycles. The highest BCUT2D eigenvalue weighted by Crippen LogP contribution is 2.37. The predicted molar refractivity (Wildman–Crippen MR) is 121 cm³/mol. The van der Waals surface area contributed by atoms with Crippen LogP contribution in [0, 0.1) is 19.7 Å². The van der Waals surface area contributed by atoms with Crippen LogP contribution in [0.3, 0.4) is 0 Å². The summed E-state index contributed by atoms with van der Waals surface area (Å²) in [7, 11) is 0. The Labute approximate surface area is 185 Å². The van der Waals surface area contributed by atoms with Crippen molar-refractivity contribution in [1.82, 2.24) is 9.47 Å². The molecule has 0 atom stereocenters. The largest absolute Gasteiger partial charge is 0.464 e. The molecule has 2 aromatic rings. The number of nitrogens with one attached hydrogen (secondary N) is 1. The van der Waals surface area contributed by atoms with Gasteiger partial charge in [-0.3, -0.25) is 9.59 Å². The number of halogens is 1. The molecule has 9 heteroatoms. The van der Waals surface area contributed by atoms with E-state index in [1.165, 1.54) is 18.2 Å². The Morgan fingerprint density at radius 2 is 1.94 bits per heavy atom. The zero-order valence-corrected chi connectivity index (χ0v) is 18.6. The van der Waals surface area contributed by atoms with Crippen molar-refractivity contribution >= 4 is 41.4 Å². The Kier molecular flexibility index (Phi) is 6.78. The van der Waals surface area contributed by atoms with Crippen molar-refractivity contribution in [2.45, 2.75) is 34.2 Å². The highest BCUT2D eigenvalue weighted by atomic mass is 19.1. The van der Waals surface area contributed by atoms with Crippen molar-refractivity contribution in [3.63, 3.8) is 0 Å². The number of likely N-dealkylation sites (N-methyl/N-ethyl adjacent to an activating group) is 1. The number of imide groups is 1. The molecule has 32 heavy (non-hydrogen) atoms. The molecule has 3 rings (SSSR count). The minimum absolute atomic E-state index is 0.260. The molecule has 8 nitrogen and oxygen atoms in total. The van der Waals surface area contributed by atoms with E-state index in [-0.39, 0.29) is 23.6 Å². The van der Waals surface area contributed by atoms with Crippen molar-refractivity contribution in [1.29, 1.82) is 0 Å². The maximum Gasteiger partial charge on any atom is 0.418 e. The first-order chi connectivity index (χ1) is 15.2. The molecule has 0 spiro atoms. The molecule has 1 aromatic heterocycles. The Morgan fingerprint density at radius 3 is 2.53 bits per heavy atom. The summed E-state index contributed by atoms with van der Waals surface area (Å²) in [5.74, 6) is -0.833. The lowest BCUT2D eigenvalue weighted by Crippen LogP contribution is -2.29. The molecule has 0 saturated heterocycles. The summed E-state index contributed by atoms with van der Waals surface area (Å²) >= 11 is 0. The SMILES string of the molecule is CCN(CC)CCn1c(C)c(N(C=O)C(=O)O)c(C)c1/C=C1/C(=O)Nc2ccc(F)cc21. The number of rotatable bonds is 8. The lowest BCUT2D eigenvalue weighted by atomic mass is 10.0. The predicted octanol–water partition coefficient (Wildman–Crippen LogP) is 3.72. The number of aromatic nitrogens is 1. The third-order valence-corrected chi connectivity index (χ3v) is 5.91. The van der Waals surface area contributed by atoms with Crippen molar-refractivity contribution in [3.8, 4) is 0 Å². The third-order valence-electron chi connectivity index (χ3n) is 5.91. The first-order valence-corrected chi connectivity index (χ1v) is 10.5. The number of carbonyl (C=O) groups is 3. The van der Waals surface area contributed by atoms with E-state index in [0.717, 1.165) is 13.1 Å². The van der Waals surface area contributed by atoms with Crippen LogP contribution in [0.15, 0.2) is 18.2 Å². The minimum atomic E-state index is -1.39. The molecule has 2 heterocycles. The Balaban J connectivity index is 2.19. The molecule has 0 saturated carbocycles. The molecule has 170 valence electrons. The smallest absolute Gasteiger partial charge is 0.418 e. The van der Waals surface area contributed by atoms with E-state index in [2.05, 4.69) is 24.1 Å². The van der Waals surface area contributed by atoms with Gasteiger partial charge in [-0.25, -0.2) is 14.1 Å². The number of carbonyl (C=O) groups excluding carboxylic acids is 2. The number of nitrogens with zero attached hydrogens (tertiary/aromatic N) is 3. The number of amides is 3. The summed E-state index contributed by atoms with van der Waals surface area (Å²) in [6.07, 6.45) is 0.507. The normalized spacial score (nSPS) is 14.1. The van der Waals surface area contributed by atoms with Crippen LogP contribution in [0.25, 0.3) is 11.6 Å². The zero-order chi connectivity index (χ0) is 23.6. The summed E-state index contributed by atoms with van der Waals surface area (Å²) in [5, 5.41) is 12.2. The van der Waals surface area contributed by atoms with Crippen LogP contribution in [0.5, 0.6) is 0 Å². The second kappa shape index (κ2) is 9.35. The van der Waals surface area contributed by atoms with Crippen molar-refractivity contribution in [2.75, 3.05) is 29.9 Å². The Bertz CT molecular complexity index is 1100. The molecule has 0 radical (unpaired) electrons. The van der Waals surface area contributed by atoms with Gasteiger partial charge in [-0.15, -0.1) is 0 Å². The summed E-state index contributed by atoms with van der Waals surface area (Å²) in [6.45, 7) is 10.5. The topological polar surface area (TPSA) is 94.9 Å². The fraction of sp³-hybridized carbons (Fsp3) is 0.348. The Hall–Kier alpha value is -3.46. The van der Waals surface area contributed by atoms with Gasteiger partial charge in [0.1, 0.15) is 5.82 Å². The molecule has 0 unspecified atom stereocenters. The van der Waals surface area contributed by atoms with E-state index in [9.17, 15) is 23.9 Å². The number of benzene rings is 1. The van der Waals surface area contributed by atoms with Gasteiger partial charge in [-0.1, -0.05) is 13.8 Å². The number of hydrogen-bond donors (Lipinski definition) is 2. The summed E-state index contributed by atoms with van der Waals surface area (Å²) in [5.41, 5.74) is 3.23. The van der Waals surface area contributed by atoms with E-state index >= 15 is 0 Å². The fourth-order valence-electron chi connectivity index (χ4n) is 4.15. The van der Waals surface area contributed by atoms with Gasteiger partial charge in [0.05, 0.1) is 11.3 Å². The van der Waals surface area contributed by atoms with Gasteiger partial charge in [0.15, 0.2) is 0 Å². The van der Waals surface area contributed by atoms with Gasteiger partial charge in [0.2, 0.25) is 6.41 Å². The molecule has 0 bridgehead atoms. The van der Waals surface area contributed by atoms with Crippen molar-refractivity contribution in [2.24, 2.45) is 0 Å². The van der Waals surface area contributed by atoms with Crippen LogP contribution < -0.4 is 10.2 Å². The van der Waals surface area contributed by atoms with E-state index in [1.54, 1.807) is 19.9 Å². The highest BCUT2D eigenvalue weighted by molar-refractivity contribution is 6.35. The van der Waals surface area contributed by atoms with Gasteiger partial charge in [-0.05, 0) is 56.8 Å². The molecular formula is C23H27FN4O4. The third kappa shape index (κ3) is 4.16. The van der Waals surface area contributed by atoms with Gasteiger partial charge in [0.25, 0.3) is 5.91 Å².